The average molecular weight is 559 g/mol. The van der Waals surface area contributed by atoms with Gasteiger partial charge in [-0.1, -0.05) is 0 Å². The Hall–Kier alpha value is -4.34. The molecular formula is C29H31FN8O3. The van der Waals surface area contributed by atoms with Crippen LogP contribution in [0.25, 0.3) is 11.4 Å². The van der Waals surface area contributed by atoms with E-state index in [1.54, 1.807) is 18.2 Å². The van der Waals surface area contributed by atoms with Crippen LogP contribution >= 0.6 is 0 Å². The maximum absolute atomic E-state index is 14.5. The van der Waals surface area contributed by atoms with E-state index in [9.17, 15) is 14.4 Å². The largest absolute Gasteiger partial charge is 0.486 e. The third-order valence-corrected chi connectivity index (χ3v) is 7.81. The van der Waals surface area contributed by atoms with E-state index in [0.29, 0.717) is 42.8 Å². The number of halogens is 1. The molecular weight excluding hydrogens is 527 g/mol. The second kappa shape index (κ2) is 12.0. The van der Waals surface area contributed by atoms with Gasteiger partial charge in [-0.15, -0.1) is 0 Å². The van der Waals surface area contributed by atoms with E-state index in [2.05, 4.69) is 48.3 Å². The number of nitriles is 1. The normalized spacial score (nSPS) is 21.6. The third kappa shape index (κ3) is 6.06. The molecule has 1 aromatic heterocycles. The van der Waals surface area contributed by atoms with Gasteiger partial charge in [-0.05, 0) is 42.5 Å². The molecule has 0 aliphatic carbocycles. The number of carbonyl (C=O) groups excluding carboxylic acids is 1. The number of aromatic nitrogens is 3. The predicted octanol–water partition coefficient (Wildman–Crippen LogP) is 2.62. The third-order valence-electron chi connectivity index (χ3n) is 7.81. The minimum absolute atomic E-state index is 0.0228. The lowest BCUT2D eigenvalue weighted by Crippen LogP contribution is -2.56. The molecule has 3 fully saturated rings. The van der Waals surface area contributed by atoms with Crippen molar-refractivity contribution in [2.24, 2.45) is 0 Å². The lowest BCUT2D eigenvalue weighted by atomic mass is 10.1. The molecule has 4 heterocycles. The zero-order valence-corrected chi connectivity index (χ0v) is 22.5. The number of piperidine rings is 1. The van der Waals surface area contributed by atoms with E-state index in [0.717, 1.165) is 45.1 Å². The molecule has 11 nitrogen and oxygen atoms in total. The Morgan fingerprint density at radius 3 is 2.56 bits per heavy atom. The van der Waals surface area contributed by atoms with Crippen molar-refractivity contribution in [2.45, 2.75) is 24.7 Å². The number of carbonyl (C=O) groups is 1. The molecule has 12 heteroatoms. The predicted molar refractivity (Wildman–Crippen MR) is 150 cm³/mol. The van der Waals surface area contributed by atoms with Crippen LogP contribution in [0.5, 0.6) is 5.75 Å². The van der Waals surface area contributed by atoms with Crippen LogP contribution in [-0.4, -0.2) is 102 Å². The first-order valence-corrected chi connectivity index (χ1v) is 13.8. The van der Waals surface area contributed by atoms with Crippen LogP contribution in [0.4, 0.5) is 21.7 Å². The highest BCUT2D eigenvalue weighted by Gasteiger charge is 2.31. The lowest BCUT2D eigenvalue weighted by Gasteiger charge is -2.43. The van der Waals surface area contributed by atoms with E-state index < -0.39 is 12.3 Å². The van der Waals surface area contributed by atoms with Crippen LogP contribution in [0.1, 0.15) is 12.0 Å². The summed E-state index contributed by atoms with van der Waals surface area (Å²) in [4.78, 5) is 30.3. The van der Waals surface area contributed by atoms with Gasteiger partial charge in [0.1, 0.15) is 24.3 Å². The second-order valence-electron chi connectivity index (χ2n) is 10.4. The summed E-state index contributed by atoms with van der Waals surface area (Å²) in [6.45, 7) is 6.14. The number of likely N-dealkylation sites (tertiary alicyclic amines) is 1. The Labute approximate surface area is 237 Å². The monoisotopic (exact) mass is 558 g/mol. The smallest absolute Gasteiger partial charge is 0.230 e. The number of benzene rings is 2. The Morgan fingerprint density at radius 2 is 1.88 bits per heavy atom. The number of rotatable bonds is 8. The summed E-state index contributed by atoms with van der Waals surface area (Å²) in [7, 11) is 0. The van der Waals surface area contributed by atoms with E-state index in [-0.39, 0.29) is 17.9 Å². The van der Waals surface area contributed by atoms with Crippen molar-refractivity contribution in [1.82, 2.24) is 24.8 Å². The zero-order chi connectivity index (χ0) is 28.2. The zero-order valence-electron chi connectivity index (χ0n) is 22.5. The lowest BCUT2D eigenvalue weighted by molar-refractivity contribution is -0.121. The minimum atomic E-state index is -1.33. The van der Waals surface area contributed by atoms with Crippen LogP contribution in [-0.2, 0) is 9.53 Å². The second-order valence-corrected chi connectivity index (χ2v) is 10.4. The molecule has 0 saturated carbocycles. The standard InChI is InChI=1S/C29H31FN8O3/c30-25-15-36(19-39)8-7-27(25)41-26-6-1-20(13-21(26)14-31)28-32-18-33-29(35-28)34-22-2-4-23(5-3-22)37-9-11-38(12-10-37)24-16-40-17-24/h1-6,13,18-19,24-25,27H,7-12,15-17H2,(H,32,33,34,35)/t25-,27?/m1/s1. The van der Waals surface area contributed by atoms with Gasteiger partial charge in [0.25, 0.3) is 0 Å². The maximum Gasteiger partial charge on any atom is 0.230 e. The number of hydrogen-bond acceptors (Lipinski definition) is 10. The molecule has 3 aliphatic rings. The van der Waals surface area contributed by atoms with Gasteiger partial charge in [0.2, 0.25) is 12.4 Å². The van der Waals surface area contributed by atoms with Crippen LogP contribution in [0.2, 0.25) is 0 Å². The first-order chi connectivity index (χ1) is 20.1. The molecule has 1 N–H and O–H groups in total. The number of anilines is 3. The molecule has 3 aromatic rings. The van der Waals surface area contributed by atoms with Gasteiger partial charge in [-0.3, -0.25) is 9.69 Å². The van der Waals surface area contributed by atoms with Gasteiger partial charge in [0.05, 0.1) is 31.4 Å². The Morgan fingerprint density at radius 1 is 1.07 bits per heavy atom. The molecule has 212 valence electrons. The highest BCUT2D eigenvalue weighted by atomic mass is 19.1. The Kier molecular flexibility index (Phi) is 7.89. The number of piperazine rings is 1. The van der Waals surface area contributed by atoms with Crippen molar-refractivity contribution in [3.8, 4) is 23.2 Å². The van der Waals surface area contributed by atoms with Crippen molar-refractivity contribution in [2.75, 3.05) is 62.7 Å². The van der Waals surface area contributed by atoms with Gasteiger partial charge >= 0.3 is 0 Å². The Bertz CT molecular complexity index is 1410. The quantitative estimate of drug-likeness (QED) is 0.413. The average Bonchev–Trinajstić information content (AvgIpc) is 2.98. The summed E-state index contributed by atoms with van der Waals surface area (Å²) in [5.74, 6) is 1.05. The van der Waals surface area contributed by atoms with E-state index >= 15 is 0 Å². The number of amides is 1. The first kappa shape index (κ1) is 26.9. The summed E-state index contributed by atoms with van der Waals surface area (Å²) in [6.07, 6.45) is 0.347. The summed E-state index contributed by atoms with van der Waals surface area (Å²) in [6, 6.07) is 15.9. The molecule has 1 amide bonds. The molecule has 2 atom stereocenters. The van der Waals surface area contributed by atoms with Crippen molar-refractivity contribution < 1.29 is 18.7 Å². The van der Waals surface area contributed by atoms with Crippen LogP contribution in [0, 0.1) is 11.3 Å². The highest BCUT2D eigenvalue weighted by molar-refractivity contribution is 5.64. The number of alkyl halides is 1. The van der Waals surface area contributed by atoms with Gasteiger partial charge in [-0.2, -0.15) is 10.2 Å². The number of ether oxygens (including phenoxy) is 2. The molecule has 2 aromatic carbocycles. The van der Waals surface area contributed by atoms with Crippen LogP contribution in [0.15, 0.2) is 48.8 Å². The topological polar surface area (TPSA) is 120 Å². The van der Waals surface area contributed by atoms with Gasteiger partial charge in [0.15, 0.2) is 12.0 Å². The SMILES string of the molecule is N#Cc1cc(-c2ncnc(Nc3ccc(N4CCN(C5COC5)CC4)cc3)n2)ccc1OC1CCN(C=O)C[C@H]1F. The number of nitrogens with zero attached hydrogens (tertiary/aromatic N) is 7. The summed E-state index contributed by atoms with van der Waals surface area (Å²) < 4.78 is 25.7. The van der Waals surface area contributed by atoms with Gasteiger partial charge in [0, 0.05) is 56.1 Å². The van der Waals surface area contributed by atoms with Crippen molar-refractivity contribution in [3.05, 3.63) is 54.4 Å². The minimum Gasteiger partial charge on any atom is -0.486 e. The fraction of sp³-hybridized carbons (Fsp3) is 0.414. The number of hydrogen-bond donors (Lipinski definition) is 1. The fourth-order valence-corrected chi connectivity index (χ4v) is 5.32. The molecule has 0 radical (unpaired) electrons. The van der Waals surface area contributed by atoms with Crippen LogP contribution < -0.4 is 15.0 Å². The van der Waals surface area contributed by atoms with Crippen molar-refractivity contribution in [3.63, 3.8) is 0 Å². The van der Waals surface area contributed by atoms with Gasteiger partial charge < -0.3 is 24.6 Å². The molecule has 41 heavy (non-hydrogen) atoms. The molecule has 6 rings (SSSR count). The Balaban J connectivity index is 1.09. The van der Waals surface area contributed by atoms with Crippen molar-refractivity contribution >= 4 is 23.7 Å². The summed E-state index contributed by atoms with van der Waals surface area (Å²) in [5.41, 5.74) is 2.88. The van der Waals surface area contributed by atoms with E-state index in [4.69, 9.17) is 9.47 Å². The highest BCUT2D eigenvalue weighted by Crippen LogP contribution is 2.29. The molecule has 3 saturated heterocycles. The summed E-state index contributed by atoms with van der Waals surface area (Å²) >= 11 is 0. The maximum atomic E-state index is 14.5. The first-order valence-electron chi connectivity index (χ1n) is 13.8. The fourth-order valence-electron chi connectivity index (χ4n) is 5.32. The van der Waals surface area contributed by atoms with Crippen molar-refractivity contribution in [1.29, 1.82) is 5.26 Å². The number of nitrogens with one attached hydrogen (secondary N) is 1. The van der Waals surface area contributed by atoms with E-state index in [1.807, 2.05) is 12.1 Å². The molecule has 3 aliphatic heterocycles. The van der Waals surface area contributed by atoms with Crippen LogP contribution in [0.3, 0.4) is 0 Å². The molecule has 1 unspecified atom stereocenters. The van der Waals surface area contributed by atoms with Gasteiger partial charge in [-0.25, -0.2) is 14.4 Å². The summed E-state index contributed by atoms with van der Waals surface area (Å²) in [5, 5.41) is 13.0. The van der Waals surface area contributed by atoms with E-state index in [1.165, 1.54) is 16.9 Å². The molecule has 0 spiro atoms. The molecule has 0 bridgehead atoms.